The average molecular weight is 501 g/mol. The average Bonchev–Trinajstić information content (AvgIpc) is 3.56. The molecule has 0 unspecified atom stereocenters. The van der Waals surface area contributed by atoms with E-state index in [-0.39, 0.29) is 17.8 Å². The predicted molar refractivity (Wildman–Crippen MR) is 138 cm³/mol. The molecule has 0 bridgehead atoms. The fourth-order valence-corrected chi connectivity index (χ4v) is 5.57. The predicted octanol–water partition coefficient (Wildman–Crippen LogP) is 4.21. The fraction of sp³-hybridized carbons (Fsp3) is 0.321. The van der Waals surface area contributed by atoms with Gasteiger partial charge in [0.2, 0.25) is 0 Å². The van der Waals surface area contributed by atoms with Gasteiger partial charge >= 0.3 is 0 Å². The summed E-state index contributed by atoms with van der Waals surface area (Å²) in [6, 6.07) is 12.4. The number of amides is 1. The highest BCUT2D eigenvalue weighted by Gasteiger charge is 2.31. The molecule has 1 amide bonds. The molecular weight excluding hydrogens is 471 g/mol. The van der Waals surface area contributed by atoms with Crippen molar-refractivity contribution in [2.24, 2.45) is 0 Å². The molecule has 0 radical (unpaired) electrons. The minimum absolute atomic E-state index is 0.129. The highest BCUT2D eigenvalue weighted by molar-refractivity contribution is 6.01. The van der Waals surface area contributed by atoms with Crippen LogP contribution < -0.4 is 5.43 Å². The zero-order valence-electron chi connectivity index (χ0n) is 20.9. The summed E-state index contributed by atoms with van der Waals surface area (Å²) in [5, 5.41) is 11.6. The third kappa shape index (κ3) is 4.34. The van der Waals surface area contributed by atoms with Gasteiger partial charge < -0.3 is 10.0 Å². The Morgan fingerprint density at radius 2 is 2.00 bits per heavy atom. The maximum absolute atomic E-state index is 13.7. The normalized spacial score (nSPS) is 19.3. The number of benzene rings is 1. The van der Waals surface area contributed by atoms with Crippen molar-refractivity contribution in [2.45, 2.75) is 44.4 Å². The number of aromatic nitrogens is 3. The molecule has 37 heavy (non-hydrogen) atoms. The first kappa shape index (κ1) is 23.6. The van der Waals surface area contributed by atoms with Gasteiger partial charge in [0.05, 0.1) is 30.2 Å². The number of rotatable bonds is 6. The van der Waals surface area contributed by atoms with Gasteiger partial charge in [0.1, 0.15) is 17.3 Å². The Labute approximate surface area is 214 Å². The molecule has 1 fully saturated rings. The Kier molecular flexibility index (Phi) is 5.89. The van der Waals surface area contributed by atoms with Crippen molar-refractivity contribution in [1.82, 2.24) is 24.3 Å². The highest BCUT2D eigenvalue weighted by atomic mass is 19.1. The maximum Gasteiger partial charge on any atom is 0.272 e. The monoisotopic (exact) mass is 500 g/mol. The quantitative estimate of drug-likeness (QED) is 0.413. The van der Waals surface area contributed by atoms with E-state index in [4.69, 9.17) is 4.98 Å². The lowest BCUT2D eigenvalue weighted by atomic mass is 9.95. The molecule has 1 aromatic carbocycles. The number of hydrazine groups is 1. The number of nitrogens with zero attached hydrogens (tertiary/aromatic N) is 5. The van der Waals surface area contributed by atoms with Gasteiger partial charge in [-0.25, -0.2) is 19.4 Å². The summed E-state index contributed by atoms with van der Waals surface area (Å²) in [5.41, 5.74) is 9.05. The summed E-state index contributed by atoms with van der Waals surface area (Å²) < 4.78 is 15.5. The van der Waals surface area contributed by atoms with Crippen LogP contribution in [0.25, 0.3) is 16.9 Å². The summed E-state index contributed by atoms with van der Waals surface area (Å²) in [7, 11) is 4.01. The third-order valence-electron chi connectivity index (χ3n) is 7.29. The van der Waals surface area contributed by atoms with Crippen LogP contribution >= 0.6 is 0 Å². The van der Waals surface area contributed by atoms with Gasteiger partial charge in [-0.2, -0.15) is 0 Å². The molecule has 2 N–H and O–H groups in total. The third-order valence-corrected chi connectivity index (χ3v) is 7.29. The van der Waals surface area contributed by atoms with Gasteiger partial charge in [0.15, 0.2) is 0 Å². The summed E-state index contributed by atoms with van der Waals surface area (Å²) in [5.74, 6) is 0.429. The lowest BCUT2D eigenvalue weighted by Crippen LogP contribution is -2.31. The first-order chi connectivity index (χ1) is 17.9. The number of pyridine rings is 2. The summed E-state index contributed by atoms with van der Waals surface area (Å²) >= 11 is 0. The minimum Gasteiger partial charge on any atom is -0.393 e. The zero-order valence-corrected chi connectivity index (χ0v) is 20.9. The van der Waals surface area contributed by atoms with Crippen LogP contribution in [0.3, 0.4) is 0 Å². The molecule has 9 heteroatoms. The lowest BCUT2D eigenvalue weighted by molar-refractivity contribution is 0.0814. The van der Waals surface area contributed by atoms with Crippen LogP contribution in [0.1, 0.15) is 52.4 Å². The molecular formula is C28H29FN6O2. The van der Waals surface area contributed by atoms with Crippen LogP contribution in [-0.4, -0.2) is 55.5 Å². The minimum atomic E-state index is -0.343. The van der Waals surface area contributed by atoms with Crippen molar-refractivity contribution in [2.75, 3.05) is 19.5 Å². The van der Waals surface area contributed by atoms with E-state index in [1.807, 2.05) is 42.8 Å². The van der Waals surface area contributed by atoms with Gasteiger partial charge in [-0.1, -0.05) is 18.2 Å². The van der Waals surface area contributed by atoms with Crippen LogP contribution in [0.15, 0.2) is 54.9 Å². The molecule has 6 rings (SSSR count). The van der Waals surface area contributed by atoms with E-state index in [9.17, 15) is 14.3 Å². The number of nitrogens with one attached hydrogen (secondary N) is 1. The van der Waals surface area contributed by atoms with Crippen LogP contribution in [0.2, 0.25) is 0 Å². The van der Waals surface area contributed by atoms with Crippen LogP contribution in [-0.2, 0) is 13.1 Å². The van der Waals surface area contributed by atoms with E-state index >= 15 is 0 Å². The number of hydrogen-bond acceptors (Lipinski definition) is 6. The number of imidazole rings is 1. The van der Waals surface area contributed by atoms with Crippen molar-refractivity contribution in [3.8, 4) is 11.3 Å². The van der Waals surface area contributed by atoms with Crippen molar-refractivity contribution in [1.29, 1.82) is 0 Å². The molecule has 190 valence electrons. The maximum atomic E-state index is 13.7. The van der Waals surface area contributed by atoms with Crippen molar-refractivity contribution < 1.29 is 14.3 Å². The number of anilines is 1. The zero-order chi connectivity index (χ0) is 25.7. The standard InChI is InChI=1S/C28H29FN6O2/c1-33(2)16-24-20(17-6-7-19(36)12-17)8-9-26(31-24)32-35-15-23-21(4-3-5-22(23)28(35)37)25-14-30-27-13-18(29)10-11-34(25)27/h3-5,8-11,13-14,17,19,36H,6-7,12,15-16H2,1-2H3,(H,31,32)/t17-,19+/m1/s1. The topological polar surface area (TPSA) is 86.0 Å². The van der Waals surface area contributed by atoms with Gasteiger partial charge in [-0.3, -0.25) is 14.6 Å². The number of carbonyl (C=O) groups excluding carboxylic acids is 1. The van der Waals surface area contributed by atoms with Gasteiger partial charge in [0, 0.05) is 29.9 Å². The van der Waals surface area contributed by atoms with Gasteiger partial charge in [-0.05, 0) is 68.6 Å². The van der Waals surface area contributed by atoms with E-state index in [1.165, 1.54) is 12.1 Å². The second-order valence-corrected chi connectivity index (χ2v) is 10.2. The summed E-state index contributed by atoms with van der Waals surface area (Å²) in [4.78, 5) is 24.6. The molecule has 1 saturated carbocycles. The van der Waals surface area contributed by atoms with Crippen LogP contribution in [0, 0.1) is 5.82 Å². The Balaban J connectivity index is 1.29. The van der Waals surface area contributed by atoms with Crippen molar-refractivity contribution in [3.63, 3.8) is 0 Å². The molecule has 0 saturated heterocycles. The van der Waals surface area contributed by atoms with E-state index in [2.05, 4.69) is 21.4 Å². The molecule has 4 aromatic rings. The molecule has 2 atom stereocenters. The molecule has 0 spiro atoms. The first-order valence-corrected chi connectivity index (χ1v) is 12.5. The number of carbonyl (C=O) groups is 1. The number of hydrogen-bond donors (Lipinski definition) is 2. The fourth-order valence-electron chi connectivity index (χ4n) is 5.57. The molecule has 8 nitrogen and oxygen atoms in total. The van der Waals surface area contributed by atoms with Crippen molar-refractivity contribution in [3.05, 3.63) is 83.1 Å². The van der Waals surface area contributed by atoms with E-state index < -0.39 is 0 Å². The van der Waals surface area contributed by atoms with Gasteiger partial charge in [0.25, 0.3) is 5.91 Å². The molecule has 3 aromatic heterocycles. The second kappa shape index (κ2) is 9.24. The molecule has 1 aliphatic heterocycles. The highest BCUT2D eigenvalue weighted by Crippen LogP contribution is 2.37. The Bertz CT molecular complexity index is 1500. The van der Waals surface area contributed by atoms with E-state index in [1.54, 1.807) is 17.4 Å². The second-order valence-electron chi connectivity index (χ2n) is 10.2. The number of fused-ring (bicyclic) bond motifs is 2. The lowest BCUT2D eigenvalue weighted by Gasteiger charge is -2.22. The number of halogens is 1. The number of aliphatic hydroxyl groups excluding tert-OH is 1. The SMILES string of the molecule is CN(C)Cc1nc(NN2Cc3c(cccc3-c3cnc4cc(F)ccn34)C2=O)ccc1[C@@H]1CC[C@H](O)C1. The summed E-state index contributed by atoms with van der Waals surface area (Å²) in [6.07, 6.45) is 5.63. The van der Waals surface area contributed by atoms with Crippen molar-refractivity contribution >= 4 is 17.4 Å². The van der Waals surface area contributed by atoms with Crippen LogP contribution in [0.4, 0.5) is 10.2 Å². The smallest absolute Gasteiger partial charge is 0.272 e. The van der Waals surface area contributed by atoms with E-state index in [0.717, 1.165) is 47.3 Å². The first-order valence-electron chi connectivity index (χ1n) is 12.5. The summed E-state index contributed by atoms with van der Waals surface area (Å²) in [6.45, 7) is 1.03. The van der Waals surface area contributed by atoms with Gasteiger partial charge in [-0.15, -0.1) is 0 Å². The molecule has 1 aliphatic carbocycles. The van der Waals surface area contributed by atoms with E-state index in [0.29, 0.717) is 36.0 Å². The molecule has 4 heterocycles. The molecule has 2 aliphatic rings. The largest absolute Gasteiger partial charge is 0.393 e. The Morgan fingerprint density at radius 1 is 1.16 bits per heavy atom. The Hall–Kier alpha value is -3.82. The Morgan fingerprint density at radius 3 is 2.78 bits per heavy atom. The van der Waals surface area contributed by atoms with Crippen LogP contribution in [0.5, 0.6) is 0 Å². The number of aliphatic hydroxyl groups is 1.